The third kappa shape index (κ3) is 44.9. The van der Waals surface area contributed by atoms with Crippen LogP contribution in [-0.4, -0.2) is 49.6 Å². The van der Waals surface area contributed by atoms with Crippen molar-refractivity contribution in [3.63, 3.8) is 0 Å². The molecule has 0 amide bonds. The van der Waals surface area contributed by atoms with E-state index in [0.717, 1.165) is 24.8 Å². The van der Waals surface area contributed by atoms with Crippen LogP contribution in [-0.2, 0) is 0 Å². The van der Waals surface area contributed by atoms with Gasteiger partial charge in [0.2, 0.25) is 0 Å². The van der Waals surface area contributed by atoms with E-state index in [-0.39, 0.29) is 0 Å². The first-order valence-corrected chi connectivity index (χ1v) is 27.6. The molecule has 0 heterocycles. The zero-order valence-electron chi connectivity index (χ0n) is 42.4. The maximum Gasteiger partial charge on any atom is 0.00953 e. The highest BCUT2D eigenvalue weighted by Gasteiger charge is 2.22. The zero-order chi connectivity index (χ0) is 43.7. The maximum absolute atomic E-state index is 3.07. The Bertz CT molecular complexity index is 866. The molecule has 0 N–H and O–H groups in total. The molecule has 0 aromatic carbocycles. The first-order chi connectivity index (χ1) is 29.6. The molecular formula is C58H112N2. The lowest BCUT2D eigenvalue weighted by Gasteiger charge is -2.36. The monoisotopic (exact) mass is 837 g/mol. The summed E-state index contributed by atoms with van der Waals surface area (Å²) in [6, 6.07) is 0.784. The van der Waals surface area contributed by atoms with Crippen LogP contribution in [0, 0.1) is 5.92 Å². The summed E-state index contributed by atoms with van der Waals surface area (Å²) in [6.07, 6.45) is 72.8. The summed E-state index contributed by atoms with van der Waals surface area (Å²) >= 11 is 0. The summed E-state index contributed by atoms with van der Waals surface area (Å²) in [7, 11) is 4.54. The quantitative estimate of drug-likeness (QED) is 0.0445. The van der Waals surface area contributed by atoms with Gasteiger partial charge in [-0.1, -0.05) is 230 Å². The minimum atomic E-state index is 0.784. The van der Waals surface area contributed by atoms with Gasteiger partial charge in [0, 0.05) is 12.6 Å². The number of hydrogen-bond donors (Lipinski definition) is 0. The highest BCUT2D eigenvalue weighted by Crippen LogP contribution is 2.25. The Labute approximate surface area is 380 Å². The Kier molecular flexibility index (Phi) is 49.6. The van der Waals surface area contributed by atoms with Crippen LogP contribution in [0.25, 0.3) is 0 Å². The molecule has 0 bridgehead atoms. The van der Waals surface area contributed by atoms with Crippen molar-refractivity contribution >= 4 is 0 Å². The van der Waals surface area contributed by atoms with Crippen molar-refractivity contribution in [1.82, 2.24) is 9.80 Å². The number of rotatable bonds is 49. The largest absolute Gasteiger partial charge is 0.309 e. The van der Waals surface area contributed by atoms with Crippen LogP contribution in [0.3, 0.4) is 0 Å². The second-order valence-corrected chi connectivity index (χ2v) is 19.3. The van der Waals surface area contributed by atoms with Crippen molar-refractivity contribution in [1.29, 1.82) is 0 Å². The van der Waals surface area contributed by atoms with Crippen LogP contribution >= 0.6 is 0 Å². The summed E-state index contributed by atoms with van der Waals surface area (Å²) in [5.74, 6) is 0.890. The third-order valence-corrected chi connectivity index (χ3v) is 13.0. The van der Waals surface area contributed by atoms with Crippen molar-refractivity contribution in [2.45, 2.75) is 284 Å². The SMILES string of the molecule is CCCCC/C=C\C/C=C\CCCCCCCCC(CCCCCCCC/C=C\C/C=C\CCCCC)N(CCCN(C)C)CC(CCCCCC)CCCCCCCC. The Morgan fingerprint density at radius 1 is 0.317 bits per heavy atom. The molecule has 1 unspecified atom stereocenters. The summed E-state index contributed by atoms with van der Waals surface area (Å²) in [5, 5.41) is 0. The van der Waals surface area contributed by atoms with Gasteiger partial charge in [-0.05, 0) is 129 Å². The highest BCUT2D eigenvalue weighted by atomic mass is 15.2. The summed E-state index contributed by atoms with van der Waals surface area (Å²) < 4.78 is 0. The van der Waals surface area contributed by atoms with Gasteiger partial charge in [0.05, 0.1) is 0 Å². The number of nitrogens with zero attached hydrogens (tertiary/aromatic N) is 2. The van der Waals surface area contributed by atoms with E-state index in [1.165, 1.54) is 257 Å². The molecule has 2 nitrogen and oxygen atoms in total. The molecule has 0 spiro atoms. The highest BCUT2D eigenvalue weighted by molar-refractivity contribution is 4.93. The second kappa shape index (κ2) is 50.5. The van der Waals surface area contributed by atoms with Crippen LogP contribution in [0.5, 0.6) is 0 Å². The summed E-state index contributed by atoms with van der Waals surface area (Å²) in [5.41, 5.74) is 0. The van der Waals surface area contributed by atoms with E-state index < -0.39 is 0 Å². The standard InChI is InChI=1S/C58H112N2/c1-7-11-15-19-22-24-26-28-30-32-34-36-38-40-43-47-52-58(53-48-44-41-39-37-35-33-31-29-27-25-23-20-16-12-8-2)60(55-49-54-59(5)6)56-57(50-45-18-14-10-4)51-46-42-21-17-13-9-3/h22-25,28-31,57-58H,7-21,26-27,32-56H2,1-6H3/b24-22-,25-23-,30-28-,31-29-. The smallest absolute Gasteiger partial charge is 0.00953 e. The van der Waals surface area contributed by atoms with Gasteiger partial charge in [0.25, 0.3) is 0 Å². The van der Waals surface area contributed by atoms with Gasteiger partial charge in [-0.15, -0.1) is 0 Å². The van der Waals surface area contributed by atoms with E-state index >= 15 is 0 Å². The van der Waals surface area contributed by atoms with Gasteiger partial charge in [0.15, 0.2) is 0 Å². The molecule has 0 rings (SSSR count). The molecule has 2 heteroatoms. The molecule has 0 saturated carbocycles. The lowest BCUT2D eigenvalue weighted by atomic mass is 9.91. The molecule has 0 aliphatic rings. The maximum atomic E-state index is 3.07. The molecule has 0 aliphatic heterocycles. The first kappa shape index (κ1) is 58.9. The molecule has 0 aromatic rings. The predicted octanol–water partition coefficient (Wildman–Crippen LogP) is 19.4. The molecule has 0 aliphatic carbocycles. The van der Waals surface area contributed by atoms with Crippen molar-refractivity contribution < 1.29 is 0 Å². The number of hydrogen-bond acceptors (Lipinski definition) is 2. The van der Waals surface area contributed by atoms with Gasteiger partial charge in [-0.3, -0.25) is 0 Å². The average molecular weight is 838 g/mol. The van der Waals surface area contributed by atoms with E-state index in [1.54, 1.807) is 0 Å². The minimum absolute atomic E-state index is 0.784. The Morgan fingerprint density at radius 2 is 0.633 bits per heavy atom. The molecule has 60 heavy (non-hydrogen) atoms. The van der Waals surface area contributed by atoms with E-state index in [9.17, 15) is 0 Å². The van der Waals surface area contributed by atoms with E-state index in [1.807, 2.05) is 0 Å². The van der Waals surface area contributed by atoms with E-state index in [2.05, 4.69) is 100 Å². The van der Waals surface area contributed by atoms with Gasteiger partial charge >= 0.3 is 0 Å². The van der Waals surface area contributed by atoms with Crippen LogP contribution in [0.4, 0.5) is 0 Å². The van der Waals surface area contributed by atoms with E-state index in [0.29, 0.717) is 0 Å². The second-order valence-electron chi connectivity index (χ2n) is 19.3. The summed E-state index contributed by atoms with van der Waals surface area (Å²) in [6.45, 7) is 13.2. The van der Waals surface area contributed by atoms with Gasteiger partial charge in [0.1, 0.15) is 0 Å². The van der Waals surface area contributed by atoms with Crippen LogP contribution < -0.4 is 0 Å². The van der Waals surface area contributed by atoms with Crippen molar-refractivity contribution in [3.05, 3.63) is 48.6 Å². The normalized spacial score (nSPS) is 13.1. The summed E-state index contributed by atoms with van der Waals surface area (Å²) in [4.78, 5) is 5.49. The third-order valence-electron chi connectivity index (χ3n) is 13.0. The topological polar surface area (TPSA) is 6.48 Å². The fraction of sp³-hybridized carbons (Fsp3) is 0.862. The Morgan fingerprint density at radius 3 is 1.03 bits per heavy atom. The van der Waals surface area contributed by atoms with E-state index in [4.69, 9.17) is 0 Å². The lowest BCUT2D eigenvalue weighted by molar-refractivity contribution is 0.131. The van der Waals surface area contributed by atoms with Gasteiger partial charge < -0.3 is 9.80 Å². The zero-order valence-corrected chi connectivity index (χ0v) is 42.4. The number of allylic oxidation sites excluding steroid dienone is 8. The Hall–Kier alpha value is -1.12. The van der Waals surface area contributed by atoms with Crippen molar-refractivity contribution in [3.8, 4) is 0 Å². The molecule has 1 atom stereocenters. The molecule has 0 radical (unpaired) electrons. The number of unbranched alkanes of at least 4 members (excludes halogenated alkanes) is 26. The van der Waals surface area contributed by atoms with Crippen molar-refractivity contribution in [2.24, 2.45) is 5.92 Å². The van der Waals surface area contributed by atoms with Crippen molar-refractivity contribution in [2.75, 3.05) is 33.7 Å². The molecule has 0 aromatic heterocycles. The molecule has 0 fully saturated rings. The average Bonchev–Trinajstić information content (AvgIpc) is 3.24. The fourth-order valence-corrected chi connectivity index (χ4v) is 8.99. The van der Waals surface area contributed by atoms with Gasteiger partial charge in [-0.25, -0.2) is 0 Å². The first-order valence-electron chi connectivity index (χ1n) is 27.6. The van der Waals surface area contributed by atoms with Gasteiger partial charge in [-0.2, -0.15) is 0 Å². The minimum Gasteiger partial charge on any atom is -0.309 e. The van der Waals surface area contributed by atoms with Crippen LogP contribution in [0.15, 0.2) is 48.6 Å². The molecule has 354 valence electrons. The lowest BCUT2D eigenvalue weighted by Crippen LogP contribution is -2.40. The predicted molar refractivity (Wildman–Crippen MR) is 277 cm³/mol. The van der Waals surface area contributed by atoms with Crippen LogP contribution in [0.2, 0.25) is 0 Å². The fourth-order valence-electron chi connectivity index (χ4n) is 8.99. The Balaban J connectivity index is 5.16. The molecular weight excluding hydrogens is 725 g/mol. The molecule has 0 saturated heterocycles. The van der Waals surface area contributed by atoms with Crippen LogP contribution in [0.1, 0.15) is 278 Å².